The second kappa shape index (κ2) is 7.77. The zero-order valence-electron chi connectivity index (χ0n) is 15.6. The average molecular weight is 333 g/mol. The topological polar surface area (TPSA) is 44.8 Å². The molecule has 5 heteroatoms. The zero-order chi connectivity index (χ0) is 17.7. The van der Waals surface area contributed by atoms with Crippen molar-refractivity contribution in [2.45, 2.75) is 51.7 Å². The summed E-state index contributed by atoms with van der Waals surface area (Å²) in [6.45, 7) is 7.26. The maximum absolute atomic E-state index is 12.4. The number of hydrogen-bond donors (Lipinski definition) is 1. The predicted molar refractivity (Wildman–Crippen MR) is 99.8 cm³/mol. The van der Waals surface area contributed by atoms with Crippen LogP contribution in [-0.2, 0) is 4.74 Å². The summed E-state index contributed by atoms with van der Waals surface area (Å²) >= 11 is 0. The van der Waals surface area contributed by atoms with Gasteiger partial charge in [-0.15, -0.1) is 0 Å². The highest BCUT2D eigenvalue weighted by Gasteiger charge is 2.30. The number of amides is 1. The number of nitrogens with zero attached hydrogens (tertiary/aromatic N) is 2. The first-order valence-corrected chi connectivity index (χ1v) is 8.77. The molecule has 0 aliphatic carbocycles. The molecule has 0 aromatic heterocycles. The van der Waals surface area contributed by atoms with Crippen LogP contribution in [0, 0.1) is 0 Å². The Labute approximate surface area is 146 Å². The minimum atomic E-state index is -0.452. The Morgan fingerprint density at radius 3 is 2.75 bits per heavy atom. The lowest BCUT2D eigenvalue weighted by molar-refractivity contribution is 0.0114. The summed E-state index contributed by atoms with van der Waals surface area (Å²) in [5.41, 5.74) is 1.79. The van der Waals surface area contributed by atoms with Crippen LogP contribution < -0.4 is 10.2 Å². The monoisotopic (exact) mass is 333 g/mol. The largest absolute Gasteiger partial charge is 0.444 e. The highest BCUT2D eigenvalue weighted by molar-refractivity contribution is 5.69. The van der Waals surface area contributed by atoms with Crippen molar-refractivity contribution in [3.63, 3.8) is 0 Å². The van der Waals surface area contributed by atoms with Gasteiger partial charge in [0.05, 0.1) is 6.04 Å². The van der Waals surface area contributed by atoms with Gasteiger partial charge in [0.25, 0.3) is 0 Å². The Kier molecular flexibility index (Phi) is 5.97. The minimum Gasteiger partial charge on any atom is -0.444 e. The molecular formula is C19H31N3O2. The van der Waals surface area contributed by atoms with Crippen molar-refractivity contribution < 1.29 is 9.53 Å². The molecule has 2 rings (SSSR count). The molecule has 134 valence electrons. The van der Waals surface area contributed by atoms with Gasteiger partial charge in [0, 0.05) is 38.6 Å². The molecule has 1 N–H and O–H groups in total. The molecule has 1 aliphatic rings. The minimum absolute atomic E-state index is 0.177. The molecule has 0 radical (unpaired) electrons. The molecule has 0 saturated carbocycles. The number of ether oxygens (including phenoxy) is 1. The van der Waals surface area contributed by atoms with Crippen LogP contribution in [0.5, 0.6) is 0 Å². The SMILES string of the molecule is CN(C)c1cccc(NCC2CCCCN2C(=O)OC(C)(C)C)c1. The molecular weight excluding hydrogens is 302 g/mol. The molecule has 1 fully saturated rings. The smallest absolute Gasteiger partial charge is 0.410 e. The van der Waals surface area contributed by atoms with E-state index in [4.69, 9.17) is 4.74 Å². The van der Waals surface area contributed by atoms with Gasteiger partial charge in [-0.25, -0.2) is 4.79 Å². The van der Waals surface area contributed by atoms with Gasteiger partial charge in [-0.2, -0.15) is 0 Å². The number of carbonyl (C=O) groups is 1. The zero-order valence-corrected chi connectivity index (χ0v) is 15.6. The van der Waals surface area contributed by atoms with Crippen molar-refractivity contribution in [2.24, 2.45) is 0 Å². The van der Waals surface area contributed by atoms with E-state index in [2.05, 4.69) is 28.4 Å². The number of hydrogen-bond acceptors (Lipinski definition) is 4. The molecule has 24 heavy (non-hydrogen) atoms. The van der Waals surface area contributed by atoms with Gasteiger partial charge in [-0.1, -0.05) is 6.07 Å². The molecule has 1 atom stereocenters. The third kappa shape index (κ3) is 5.32. The highest BCUT2D eigenvalue weighted by atomic mass is 16.6. The maximum atomic E-state index is 12.4. The lowest BCUT2D eigenvalue weighted by Gasteiger charge is -2.37. The molecule has 1 aliphatic heterocycles. The van der Waals surface area contributed by atoms with Gasteiger partial charge in [0.2, 0.25) is 0 Å². The summed E-state index contributed by atoms with van der Waals surface area (Å²) in [6, 6.07) is 8.49. The van der Waals surface area contributed by atoms with E-state index in [1.165, 1.54) is 0 Å². The molecule has 0 spiro atoms. The Balaban J connectivity index is 1.98. The van der Waals surface area contributed by atoms with Crippen LogP contribution in [0.25, 0.3) is 0 Å². The van der Waals surface area contributed by atoms with Crippen molar-refractivity contribution in [1.29, 1.82) is 0 Å². The van der Waals surface area contributed by atoms with Crippen LogP contribution in [0.4, 0.5) is 16.2 Å². The number of benzene rings is 1. The lowest BCUT2D eigenvalue weighted by Crippen LogP contribution is -2.48. The van der Waals surface area contributed by atoms with Crippen LogP contribution in [0.15, 0.2) is 24.3 Å². The summed E-state index contributed by atoms with van der Waals surface area (Å²) in [5, 5.41) is 3.48. The summed E-state index contributed by atoms with van der Waals surface area (Å²) in [5.74, 6) is 0. The second-order valence-corrected chi connectivity index (χ2v) is 7.65. The number of nitrogens with one attached hydrogen (secondary N) is 1. The number of likely N-dealkylation sites (tertiary alicyclic amines) is 1. The van der Waals surface area contributed by atoms with Gasteiger partial charge < -0.3 is 19.9 Å². The normalized spacial score (nSPS) is 18.2. The molecule has 1 aromatic carbocycles. The van der Waals surface area contributed by atoms with E-state index in [-0.39, 0.29) is 12.1 Å². The molecule has 0 bridgehead atoms. The van der Waals surface area contributed by atoms with E-state index in [1.807, 2.05) is 45.8 Å². The molecule has 1 amide bonds. The summed E-state index contributed by atoms with van der Waals surface area (Å²) < 4.78 is 5.56. The lowest BCUT2D eigenvalue weighted by atomic mass is 10.0. The Morgan fingerprint density at radius 1 is 1.33 bits per heavy atom. The van der Waals surface area contributed by atoms with E-state index in [9.17, 15) is 4.79 Å². The first-order chi connectivity index (χ1) is 11.3. The van der Waals surface area contributed by atoms with E-state index >= 15 is 0 Å². The van der Waals surface area contributed by atoms with Crippen molar-refractivity contribution >= 4 is 17.5 Å². The summed E-state index contributed by atoms with van der Waals surface area (Å²) in [4.78, 5) is 16.4. The first-order valence-electron chi connectivity index (χ1n) is 8.77. The molecule has 1 aromatic rings. The van der Waals surface area contributed by atoms with Crippen LogP contribution in [0.3, 0.4) is 0 Å². The number of anilines is 2. The van der Waals surface area contributed by atoms with Crippen molar-refractivity contribution in [3.05, 3.63) is 24.3 Å². The van der Waals surface area contributed by atoms with E-state index < -0.39 is 5.60 Å². The highest BCUT2D eigenvalue weighted by Crippen LogP contribution is 2.22. The number of piperidine rings is 1. The van der Waals surface area contributed by atoms with Crippen LogP contribution in [-0.4, -0.2) is 49.8 Å². The fourth-order valence-corrected chi connectivity index (χ4v) is 2.90. The van der Waals surface area contributed by atoms with E-state index in [0.29, 0.717) is 0 Å². The van der Waals surface area contributed by atoms with Crippen LogP contribution >= 0.6 is 0 Å². The fraction of sp³-hybridized carbons (Fsp3) is 0.632. The quantitative estimate of drug-likeness (QED) is 0.906. The maximum Gasteiger partial charge on any atom is 0.410 e. The third-order valence-corrected chi connectivity index (χ3v) is 4.16. The van der Waals surface area contributed by atoms with Gasteiger partial charge in [0.1, 0.15) is 5.60 Å². The third-order valence-electron chi connectivity index (χ3n) is 4.16. The van der Waals surface area contributed by atoms with Gasteiger partial charge in [-0.05, 0) is 58.2 Å². The van der Waals surface area contributed by atoms with Crippen LogP contribution in [0.1, 0.15) is 40.0 Å². The molecule has 1 saturated heterocycles. The molecule has 1 heterocycles. The standard InChI is InChI=1S/C19H31N3O2/c1-19(2,3)24-18(23)22-12-7-6-10-17(22)14-20-15-9-8-11-16(13-15)21(4)5/h8-9,11,13,17,20H,6-7,10,12,14H2,1-5H3. The van der Waals surface area contributed by atoms with Crippen molar-refractivity contribution in [2.75, 3.05) is 37.4 Å². The predicted octanol–water partition coefficient (Wildman–Crippen LogP) is 3.95. The fourth-order valence-electron chi connectivity index (χ4n) is 2.90. The molecule has 5 nitrogen and oxygen atoms in total. The second-order valence-electron chi connectivity index (χ2n) is 7.65. The van der Waals surface area contributed by atoms with Gasteiger partial charge >= 0.3 is 6.09 Å². The average Bonchev–Trinajstić information content (AvgIpc) is 2.52. The van der Waals surface area contributed by atoms with E-state index in [1.54, 1.807) is 0 Å². The number of rotatable bonds is 4. The van der Waals surface area contributed by atoms with Crippen molar-refractivity contribution in [1.82, 2.24) is 4.90 Å². The Morgan fingerprint density at radius 2 is 2.08 bits per heavy atom. The Bertz CT molecular complexity index is 552. The molecule has 1 unspecified atom stereocenters. The number of carbonyl (C=O) groups excluding carboxylic acids is 1. The summed E-state index contributed by atoms with van der Waals surface area (Å²) in [7, 11) is 4.06. The van der Waals surface area contributed by atoms with Crippen molar-refractivity contribution in [3.8, 4) is 0 Å². The first kappa shape index (κ1) is 18.4. The Hall–Kier alpha value is -1.91. The summed E-state index contributed by atoms with van der Waals surface area (Å²) in [6.07, 6.45) is 3.02. The van der Waals surface area contributed by atoms with Gasteiger partial charge in [-0.3, -0.25) is 0 Å². The van der Waals surface area contributed by atoms with Crippen LogP contribution in [0.2, 0.25) is 0 Å². The van der Waals surface area contributed by atoms with E-state index in [0.717, 1.165) is 43.7 Å². The van der Waals surface area contributed by atoms with Gasteiger partial charge in [0.15, 0.2) is 0 Å².